The minimum atomic E-state index is -1.20. The van der Waals surface area contributed by atoms with Gasteiger partial charge in [-0.05, 0) is 49.1 Å². The summed E-state index contributed by atoms with van der Waals surface area (Å²) in [6.45, 7) is 0. The van der Waals surface area contributed by atoms with Gasteiger partial charge >= 0.3 is 5.97 Å². The number of benzene rings is 1. The van der Waals surface area contributed by atoms with E-state index in [1.807, 2.05) is 12.1 Å². The number of nitrogens with one attached hydrogen (secondary N) is 1. The topological polar surface area (TPSA) is 112 Å². The minimum Gasteiger partial charge on any atom is -0.476 e. The minimum absolute atomic E-state index is 0.144. The van der Waals surface area contributed by atoms with Crippen molar-refractivity contribution in [2.24, 2.45) is 0 Å². The highest BCUT2D eigenvalue weighted by Crippen LogP contribution is 2.32. The molecule has 0 fully saturated rings. The van der Waals surface area contributed by atoms with Crippen molar-refractivity contribution in [2.75, 3.05) is 19.4 Å². The van der Waals surface area contributed by atoms with E-state index in [2.05, 4.69) is 15.3 Å². The van der Waals surface area contributed by atoms with E-state index in [4.69, 9.17) is 0 Å². The largest absolute Gasteiger partial charge is 0.476 e. The lowest BCUT2D eigenvalue weighted by Gasteiger charge is -2.09. The summed E-state index contributed by atoms with van der Waals surface area (Å²) < 4.78 is 0. The Bertz CT molecular complexity index is 1110. The number of aryl methyl sites for hydroxylation is 1. The second-order valence-electron chi connectivity index (χ2n) is 7.74. The first kappa shape index (κ1) is 24.1. The van der Waals surface area contributed by atoms with Gasteiger partial charge in [0.05, 0.1) is 0 Å². The van der Waals surface area contributed by atoms with Gasteiger partial charge in [-0.3, -0.25) is 14.6 Å². The highest BCUT2D eigenvalue weighted by Gasteiger charge is 2.20. The van der Waals surface area contributed by atoms with Gasteiger partial charge in [0.25, 0.3) is 5.91 Å². The number of carbonyl (C=O) groups excluding carboxylic acids is 2. The van der Waals surface area contributed by atoms with E-state index < -0.39 is 11.9 Å². The number of hydrogen-bond acceptors (Lipinski definition) is 6. The molecule has 0 atom stereocenters. The van der Waals surface area contributed by atoms with E-state index in [9.17, 15) is 19.5 Å². The summed E-state index contributed by atoms with van der Waals surface area (Å²) in [4.78, 5) is 45.6. The molecule has 8 nitrogen and oxygen atoms in total. The molecule has 2 amide bonds. The molecule has 3 aromatic rings. The zero-order valence-corrected chi connectivity index (χ0v) is 19.4. The van der Waals surface area contributed by atoms with Gasteiger partial charge in [-0.2, -0.15) is 0 Å². The second kappa shape index (κ2) is 11.3. The van der Waals surface area contributed by atoms with Crippen LogP contribution < -0.4 is 5.32 Å². The number of carboxylic acids is 1. The monoisotopic (exact) mass is 466 g/mol. The fraction of sp³-hybridized carbons (Fsp3) is 0.292. The summed E-state index contributed by atoms with van der Waals surface area (Å²) in [5.41, 5.74) is 2.08. The van der Waals surface area contributed by atoms with Crippen LogP contribution in [-0.4, -0.2) is 51.9 Å². The van der Waals surface area contributed by atoms with Gasteiger partial charge in [-0.15, -0.1) is 0 Å². The third-order valence-corrected chi connectivity index (χ3v) is 6.07. The lowest BCUT2D eigenvalue weighted by molar-refractivity contribution is -0.128. The fourth-order valence-electron chi connectivity index (χ4n) is 3.17. The van der Waals surface area contributed by atoms with Gasteiger partial charge < -0.3 is 15.3 Å². The van der Waals surface area contributed by atoms with Gasteiger partial charge in [0.15, 0.2) is 5.69 Å². The van der Waals surface area contributed by atoms with Crippen LogP contribution >= 0.6 is 11.3 Å². The number of anilines is 1. The lowest BCUT2D eigenvalue weighted by Crippen LogP contribution is -2.20. The van der Waals surface area contributed by atoms with Crippen molar-refractivity contribution in [3.63, 3.8) is 0 Å². The Labute approximate surface area is 196 Å². The molecule has 172 valence electrons. The average Bonchev–Trinajstić information content (AvgIpc) is 3.23. The zero-order chi connectivity index (χ0) is 23.8. The smallest absolute Gasteiger partial charge is 0.357 e. The summed E-state index contributed by atoms with van der Waals surface area (Å²) in [5.74, 6) is -1.45. The van der Waals surface area contributed by atoms with Crippen molar-refractivity contribution in [3.05, 3.63) is 65.6 Å². The predicted octanol–water partition coefficient (Wildman–Crippen LogP) is 4.35. The van der Waals surface area contributed by atoms with Gasteiger partial charge in [-0.1, -0.05) is 29.9 Å². The SMILES string of the molecule is CN(C)C(=O)CCCCCc1ccc(C(=O)Nc2sc(-c3ccncc3)nc2C(=O)O)cc1. The van der Waals surface area contributed by atoms with Crippen LogP contribution in [0, 0.1) is 0 Å². The molecular formula is C24H26N4O4S. The molecular weight excluding hydrogens is 440 g/mol. The van der Waals surface area contributed by atoms with Gasteiger partial charge in [-0.25, -0.2) is 9.78 Å². The summed E-state index contributed by atoms with van der Waals surface area (Å²) in [5, 5.41) is 12.8. The fourth-order valence-corrected chi connectivity index (χ4v) is 4.13. The maximum atomic E-state index is 12.7. The Balaban J connectivity index is 1.58. The van der Waals surface area contributed by atoms with E-state index >= 15 is 0 Å². The Morgan fingerprint density at radius 1 is 1.00 bits per heavy atom. The Morgan fingerprint density at radius 3 is 2.33 bits per heavy atom. The number of unbranched alkanes of at least 4 members (excludes halogenated alkanes) is 2. The number of carboxylic acid groups (broad SMARTS) is 1. The van der Waals surface area contributed by atoms with E-state index in [1.54, 1.807) is 55.7 Å². The lowest BCUT2D eigenvalue weighted by atomic mass is 10.0. The molecule has 33 heavy (non-hydrogen) atoms. The molecule has 0 spiro atoms. The number of carbonyl (C=O) groups is 3. The Hall–Kier alpha value is -3.59. The molecule has 3 rings (SSSR count). The molecule has 9 heteroatoms. The van der Waals surface area contributed by atoms with Crippen LogP contribution in [0.2, 0.25) is 0 Å². The first-order valence-electron chi connectivity index (χ1n) is 10.6. The maximum absolute atomic E-state index is 12.7. The maximum Gasteiger partial charge on any atom is 0.357 e. The molecule has 1 aromatic carbocycles. The molecule has 0 unspecified atom stereocenters. The van der Waals surface area contributed by atoms with Crippen molar-refractivity contribution in [2.45, 2.75) is 32.1 Å². The summed E-state index contributed by atoms with van der Waals surface area (Å²) in [7, 11) is 3.52. The predicted molar refractivity (Wildman–Crippen MR) is 128 cm³/mol. The van der Waals surface area contributed by atoms with E-state index in [0.29, 0.717) is 17.0 Å². The standard InChI is InChI=1S/C24H26N4O4S/c1-28(2)19(29)7-5-3-4-6-16-8-10-17(11-9-16)21(30)27-23-20(24(31)32)26-22(33-23)18-12-14-25-15-13-18/h8-15H,3-7H2,1-2H3,(H,27,30)(H,31,32). The van der Waals surface area contributed by atoms with Gasteiger partial charge in [0, 0.05) is 44.0 Å². The first-order chi connectivity index (χ1) is 15.8. The number of aromatic carboxylic acids is 1. The van der Waals surface area contributed by atoms with Crippen LogP contribution in [0.15, 0.2) is 48.8 Å². The zero-order valence-electron chi connectivity index (χ0n) is 18.6. The third kappa shape index (κ3) is 6.69. The summed E-state index contributed by atoms with van der Waals surface area (Å²) in [6, 6.07) is 10.7. The number of pyridine rings is 1. The third-order valence-electron chi connectivity index (χ3n) is 5.06. The summed E-state index contributed by atoms with van der Waals surface area (Å²) >= 11 is 1.11. The van der Waals surface area contributed by atoms with Gasteiger partial charge in [0.1, 0.15) is 10.0 Å². The molecule has 0 aliphatic carbocycles. The van der Waals surface area contributed by atoms with Crippen molar-refractivity contribution in [1.82, 2.24) is 14.9 Å². The average molecular weight is 467 g/mol. The van der Waals surface area contributed by atoms with Crippen LogP contribution in [0.4, 0.5) is 5.00 Å². The molecule has 2 heterocycles. The molecule has 2 N–H and O–H groups in total. The van der Waals surface area contributed by atoms with Crippen LogP contribution in [0.1, 0.15) is 52.1 Å². The van der Waals surface area contributed by atoms with E-state index in [0.717, 1.165) is 48.1 Å². The Morgan fingerprint density at radius 2 is 1.70 bits per heavy atom. The van der Waals surface area contributed by atoms with Crippen molar-refractivity contribution < 1.29 is 19.5 Å². The van der Waals surface area contributed by atoms with Gasteiger partial charge in [0.2, 0.25) is 5.91 Å². The number of aromatic nitrogens is 2. The van der Waals surface area contributed by atoms with Crippen molar-refractivity contribution in [1.29, 1.82) is 0 Å². The van der Waals surface area contributed by atoms with Crippen LogP contribution in [-0.2, 0) is 11.2 Å². The van der Waals surface area contributed by atoms with Crippen LogP contribution in [0.5, 0.6) is 0 Å². The normalized spacial score (nSPS) is 10.6. The number of thiazole rings is 1. The number of nitrogens with zero attached hydrogens (tertiary/aromatic N) is 3. The molecule has 0 radical (unpaired) electrons. The molecule has 0 bridgehead atoms. The van der Waals surface area contributed by atoms with Crippen LogP contribution in [0.3, 0.4) is 0 Å². The van der Waals surface area contributed by atoms with E-state index in [1.165, 1.54) is 0 Å². The number of rotatable bonds is 10. The molecule has 0 saturated heterocycles. The molecule has 0 aliphatic rings. The summed E-state index contributed by atoms with van der Waals surface area (Å²) in [6.07, 6.45) is 7.41. The van der Waals surface area contributed by atoms with Crippen molar-refractivity contribution >= 4 is 34.1 Å². The Kier molecular flexibility index (Phi) is 8.26. The highest BCUT2D eigenvalue weighted by atomic mass is 32.1. The quantitative estimate of drug-likeness (QED) is 0.430. The highest BCUT2D eigenvalue weighted by molar-refractivity contribution is 7.19. The number of amides is 2. The first-order valence-corrected chi connectivity index (χ1v) is 11.4. The second-order valence-corrected chi connectivity index (χ2v) is 8.74. The van der Waals surface area contributed by atoms with Crippen LogP contribution in [0.25, 0.3) is 10.6 Å². The van der Waals surface area contributed by atoms with Crippen molar-refractivity contribution in [3.8, 4) is 10.6 Å². The molecule has 2 aromatic heterocycles. The molecule has 0 saturated carbocycles. The molecule has 0 aliphatic heterocycles. The van der Waals surface area contributed by atoms with E-state index in [-0.39, 0.29) is 16.6 Å². The number of hydrogen-bond donors (Lipinski definition) is 2.